The number of nitrogens with one attached hydrogen (secondary N) is 1. The fourth-order valence-corrected chi connectivity index (χ4v) is 4.74. The first-order chi connectivity index (χ1) is 15.2. The molecule has 0 bridgehead atoms. The van der Waals surface area contributed by atoms with E-state index in [1.165, 1.54) is 27.2 Å². The number of sulfonamides is 1. The Morgan fingerprint density at radius 2 is 1.75 bits per heavy atom. The second-order valence-electron chi connectivity index (χ2n) is 7.41. The highest BCUT2D eigenvalue weighted by molar-refractivity contribution is 7.92. The number of nitrogens with zero attached hydrogens (tertiary/aromatic N) is 2. The first-order valence-electron chi connectivity index (χ1n) is 10.2. The van der Waals surface area contributed by atoms with E-state index >= 15 is 0 Å². The van der Waals surface area contributed by atoms with Gasteiger partial charge in [-0.05, 0) is 43.3 Å². The van der Waals surface area contributed by atoms with Gasteiger partial charge in [-0.15, -0.1) is 0 Å². The number of ether oxygens (including phenoxy) is 3. The molecule has 2 aromatic carbocycles. The highest BCUT2D eigenvalue weighted by atomic mass is 32.2. The van der Waals surface area contributed by atoms with Crippen LogP contribution in [0, 0.1) is 0 Å². The van der Waals surface area contributed by atoms with Gasteiger partial charge in [0.15, 0.2) is 0 Å². The maximum absolute atomic E-state index is 13.0. The van der Waals surface area contributed by atoms with Crippen LogP contribution in [0.1, 0.15) is 6.92 Å². The van der Waals surface area contributed by atoms with E-state index in [0.29, 0.717) is 30.4 Å². The van der Waals surface area contributed by atoms with Crippen molar-refractivity contribution in [1.82, 2.24) is 0 Å². The molecule has 0 spiro atoms. The smallest absolute Gasteiger partial charge is 0.247 e. The number of benzene rings is 2. The van der Waals surface area contributed by atoms with E-state index in [1.807, 2.05) is 12.1 Å². The molecule has 1 N–H and O–H groups in total. The Morgan fingerprint density at radius 3 is 2.31 bits per heavy atom. The number of morpholine rings is 1. The Labute approximate surface area is 188 Å². The van der Waals surface area contributed by atoms with E-state index < -0.39 is 22.0 Å². The van der Waals surface area contributed by atoms with Crippen molar-refractivity contribution in [3.63, 3.8) is 0 Å². The van der Waals surface area contributed by atoms with Crippen LogP contribution in [0.3, 0.4) is 0 Å². The molecular weight excluding hydrogens is 434 g/mol. The summed E-state index contributed by atoms with van der Waals surface area (Å²) in [6.07, 6.45) is 1.05. The average Bonchev–Trinajstić information content (AvgIpc) is 2.79. The topological polar surface area (TPSA) is 97.4 Å². The molecule has 1 amide bonds. The van der Waals surface area contributed by atoms with Crippen LogP contribution < -0.4 is 24.0 Å². The zero-order valence-electron chi connectivity index (χ0n) is 18.7. The van der Waals surface area contributed by atoms with Crippen LogP contribution in [0.15, 0.2) is 42.5 Å². The predicted molar refractivity (Wildman–Crippen MR) is 124 cm³/mol. The van der Waals surface area contributed by atoms with E-state index in [-0.39, 0.29) is 5.69 Å². The number of rotatable bonds is 8. The maximum atomic E-state index is 13.0. The summed E-state index contributed by atoms with van der Waals surface area (Å²) in [5.74, 6) is 0.283. The largest absolute Gasteiger partial charge is 0.497 e. The molecule has 1 unspecified atom stereocenters. The summed E-state index contributed by atoms with van der Waals surface area (Å²) < 4.78 is 42.3. The first-order valence-corrected chi connectivity index (χ1v) is 12.0. The Balaban J connectivity index is 1.82. The lowest BCUT2D eigenvalue weighted by Crippen LogP contribution is -2.45. The van der Waals surface area contributed by atoms with Crippen molar-refractivity contribution in [1.29, 1.82) is 0 Å². The van der Waals surface area contributed by atoms with Crippen LogP contribution in [0.4, 0.5) is 17.1 Å². The van der Waals surface area contributed by atoms with Crippen LogP contribution in [0.2, 0.25) is 0 Å². The number of anilines is 3. The molecule has 1 heterocycles. The highest BCUT2D eigenvalue weighted by Gasteiger charge is 2.31. The van der Waals surface area contributed by atoms with Crippen LogP contribution >= 0.6 is 0 Å². The van der Waals surface area contributed by atoms with Gasteiger partial charge < -0.3 is 24.4 Å². The highest BCUT2D eigenvalue weighted by Crippen LogP contribution is 2.35. The molecule has 0 aliphatic carbocycles. The van der Waals surface area contributed by atoms with Crippen LogP contribution in [-0.2, 0) is 19.6 Å². The normalized spacial score (nSPS) is 15.1. The van der Waals surface area contributed by atoms with Gasteiger partial charge in [-0.2, -0.15) is 0 Å². The second kappa shape index (κ2) is 10.1. The van der Waals surface area contributed by atoms with Gasteiger partial charge in [0.05, 0.1) is 39.4 Å². The minimum absolute atomic E-state index is 0.222. The molecule has 2 aromatic rings. The molecule has 32 heavy (non-hydrogen) atoms. The predicted octanol–water partition coefficient (Wildman–Crippen LogP) is 2.33. The molecule has 0 radical (unpaired) electrons. The monoisotopic (exact) mass is 463 g/mol. The Kier molecular flexibility index (Phi) is 7.47. The summed E-state index contributed by atoms with van der Waals surface area (Å²) in [6, 6.07) is 11.2. The van der Waals surface area contributed by atoms with Crippen molar-refractivity contribution < 1.29 is 27.4 Å². The molecule has 1 aliphatic heterocycles. The Bertz CT molecular complexity index is 1040. The zero-order chi connectivity index (χ0) is 23.3. The molecule has 0 saturated carbocycles. The van der Waals surface area contributed by atoms with E-state index in [4.69, 9.17) is 14.2 Å². The lowest BCUT2D eigenvalue weighted by atomic mass is 10.2. The lowest BCUT2D eigenvalue weighted by Gasteiger charge is -2.30. The number of carbonyl (C=O) groups is 1. The van der Waals surface area contributed by atoms with Crippen LogP contribution in [0.5, 0.6) is 11.5 Å². The van der Waals surface area contributed by atoms with Gasteiger partial charge in [0.25, 0.3) is 0 Å². The summed E-state index contributed by atoms with van der Waals surface area (Å²) in [4.78, 5) is 15.2. The van der Waals surface area contributed by atoms with Crippen molar-refractivity contribution in [2.75, 3.05) is 61.3 Å². The molecule has 9 nitrogen and oxygen atoms in total. The van der Waals surface area contributed by atoms with Gasteiger partial charge in [0.1, 0.15) is 17.5 Å². The van der Waals surface area contributed by atoms with E-state index in [0.717, 1.165) is 29.3 Å². The van der Waals surface area contributed by atoms with Crippen molar-refractivity contribution in [2.45, 2.75) is 13.0 Å². The Morgan fingerprint density at radius 1 is 1.09 bits per heavy atom. The summed E-state index contributed by atoms with van der Waals surface area (Å²) in [7, 11) is -0.899. The Hall–Kier alpha value is -2.98. The van der Waals surface area contributed by atoms with Gasteiger partial charge in [-0.3, -0.25) is 9.10 Å². The molecule has 174 valence electrons. The van der Waals surface area contributed by atoms with Crippen molar-refractivity contribution >= 4 is 33.0 Å². The number of carbonyl (C=O) groups excluding carboxylic acids is 1. The molecule has 1 atom stereocenters. The molecule has 0 aromatic heterocycles. The standard InChI is InChI=1S/C22H29N3O6S/c1-16(25(32(4,27)28)20-15-19(29-2)9-10-21(20)30-3)22(26)23-17-5-7-18(8-6-17)24-11-13-31-14-12-24/h5-10,15-16H,11-14H2,1-4H3,(H,23,26). The summed E-state index contributed by atoms with van der Waals surface area (Å²) in [5, 5.41) is 2.80. The van der Waals surface area contributed by atoms with Gasteiger partial charge in [0.2, 0.25) is 15.9 Å². The second-order valence-corrected chi connectivity index (χ2v) is 9.27. The molecule has 1 saturated heterocycles. The van der Waals surface area contributed by atoms with Crippen molar-refractivity contribution in [3.05, 3.63) is 42.5 Å². The lowest BCUT2D eigenvalue weighted by molar-refractivity contribution is -0.116. The van der Waals surface area contributed by atoms with Crippen molar-refractivity contribution in [2.24, 2.45) is 0 Å². The van der Waals surface area contributed by atoms with Gasteiger partial charge in [-0.1, -0.05) is 0 Å². The van der Waals surface area contributed by atoms with Crippen molar-refractivity contribution in [3.8, 4) is 11.5 Å². The minimum atomic E-state index is -3.81. The summed E-state index contributed by atoms with van der Waals surface area (Å²) in [5.41, 5.74) is 1.84. The minimum Gasteiger partial charge on any atom is -0.497 e. The van der Waals surface area contributed by atoms with E-state index in [9.17, 15) is 13.2 Å². The molecular formula is C22H29N3O6S. The number of methoxy groups -OCH3 is 2. The van der Waals surface area contributed by atoms with Crippen LogP contribution in [0.25, 0.3) is 0 Å². The maximum Gasteiger partial charge on any atom is 0.247 e. The van der Waals surface area contributed by atoms with Gasteiger partial charge in [-0.25, -0.2) is 8.42 Å². The van der Waals surface area contributed by atoms with E-state index in [1.54, 1.807) is 24.3 Å². The number of amides is 1. The molecule has 1 aliphatic rings. The third-order valence-corrected chi connectivity index (χ3v) is 6.45. The summed E-state index contributed by atoms with van der Waals surface area (Å²) >= 11 is 0. The fourth-order valence-electron chi connectivity index (χ4n) is 3.57. The molecule has 3 rings (SSSR count). The number of hydrogen-bond acceptors (Lipinski definition) is 7. The quantitative estimate of drug-likeness (QED) is 0.642. The SMILES string of the molecule is COc1ccc(OC)c(N(C(C)C(=O)Nc2ccc(N3CCOCC3)cc2)S(C)(=O)=O)c1. The third-order valence-electron chi connectivity index (χ3n) is 5.22. The van der Waals surface area contributed by atoms with E-state index in [2.05, 4.69) is 10.2 Å². The summed E-state index contributed by atoms with van der Waals surface area (Å²) in [6.45, 7) is 4.52. The average molecular weight is 464 g/mol. The van der Waals surface area contributed by atoms with Gasteiger partial charge >= 0.3 is 0 Å². The number of hydrogen-bond donors (Lipinski definition) is 1. The third kappa shape index (κ3) is 5.43. The fraction of sp³-hybridized carbons (Fsp3) is 0.409. The zero-order valence-corrected chi connectivity index (χ0v) is 19.5. The molecule has 1 fully saturated rings. The van der Waals surface area contributed by atoms with Gasteiger partial charge in [0, 0.05) is 30.5 Å². The van der Waals surface area contributed by atoms with Crippen LogP contribution in [-0.4, -0.2) is 67.1 Å². The molecule has 10 heteroatoms. The first kappa shape index (κ1) is 23.7.